The maximum absolute atomic E-state index is 6.03. The Morgan fingerprint density at radius 2 is 1.78 bits per heavy atom. The minimum Gasteiger partial charge on any atom is -0.380 e. The highest BCUT2D eigenvalue weighted by molar-refractivity contribution is 5.82. The van der Waals surface area contributed by atoms with Gasteiger partial charge >= 0.3 is 0 Å². The van der Waals surface area contributed by atoms with E-state index in [0.717, 1.165) is 30.0 Å². The van der Waals surface area contributed by atoms with Gasteiger partial charge in [0.25, 0.3) is 0 Å². The molecule has 2 heterocycles. The van der Waals surface area contributed by atoms with Crippen molar-refractivity contribution in [2.24, 2.45) is 0 Å². The van der Waals surface area contributed by atoms with Crippen molar-refractivity contribution in [1.82, 2.24) is 10.2 Å². The van der Waals surface area contributed by atoms with Crippen LogP contribution in [0.1, 0.15) is 19.3 Å². The van der Waals surface area contributed by atoms with E-state index >= 15 is 0 Å². The van der Waals surface area contributed by atoms with E-state index in [0.29, 0.717) is 5.82 Å². The number of nitrogens with one attached hydrogen (secondary N) is 1. The van der Waals surface area contributed by atoms with Crippen LogP contribution in [0.4, 0.5) is 11.5 Å². The van der Waals surface area contributed by atoms with Crippen molar-refractivity contribution in [3.05, 3.63) is 30.3 Å². The van der Waals surface area contributed by atoms with Crippen LogP contribution in [0.15, 0.2) is 30.3 Å². The number of aromatic amines is 1. The second-order valence-electron chi connectivity index (χ2n) is 4.75. The number of benzene rings is 1. The first kappa shape index (κ1) is 11.1. The molecule has 94 valence electrons. The Balaban J connectivity index is 2.01. The van der Waals surface area contributed by atoms with Crippen molar-refractivity contribution < 1.29 is 0 Å². The summed E-state index contributed by atoms with van der Waals surface area (Å²) in [6.07, 6.45) is 3.78. The molecule has 3 N–H and O–H groups in total. The summed E-state index contributed by atoms with van der Waals surface area (Å²) in [6.45, 7) is 2.15. The molecule has 0 aliphatic carbocycles. The van der Waals surface area contributed by atoms with E-state index in [2.05, 4.69) is 27.2 Å². The van der Waals surface area contributed by atoms with Gasteiger partial charge < -0.3 is 10.6 Å². The van der Waals surface area contributed by atoms with Gasteiger partial charge in [0.15, 0.2) is 5.82 Å². The highest BCUT2D eigenvalue weighted by Gasteiger charge is 2.20. The molecule has 1 aliphatic heterocycles. The molecule has 1 fully saturated rings. The Labute approximate surface area is 107 Å². The van der Waals surface area contributed by atoms with Crippen LogP contribution in [0.3, 0.4) is 0 Å². The minimum absolute atomic E-state index is 0.607. The van der Waals surface area contributed by atoms with Gasteiger partial charge in [-0.2, -0.15) is 5.10 Å². The van der Waals surface area contributed by atoms with Gasteiger partial charge in [0.1, 0.15) is 5.69 Å². The molecule has 3 rings (SSSR count). The predicted octanol–water partition coefficient (Wildman–Crippen LogP) is 2.65. The third-order valence-corrected chi connectivity index (χ3v) is 3.50. The molecule has 1 aromatic carbocycles. The molecule has 4 nitrogen and oxygen atoms in total. The van der Waals surface area contributed by atoms with Crippen LogP contribution in [0.25, 0.3) is 11.3 Å². The zero-order valence-corrected chi connectivity index (χ0v) is 10.4. The Kier molecular flexibility index (Phi) is 2.92. The van der Waals surface area contributed by atoms with Crippen LogP contribution in [-0.4, -0.2) is 23.3 Å². The highest BCUT2D eigenvalue weighted by atomic mass is 15.2. The number of nitrogens with zero attached hydrogens (tertiary/aromatic N) is 2. The summed E-state index contributed by atoms with van der Waals surface area (Å²) in [6, 6.07) is 10.3. The van der Waals surface area contributed by atoms with Gasteiger partial charge in [-0.25, -0.2) is 0 Å². The Bertz CT molecular complexity index is 512. The van der Waals surface area contributed by atoms with Crippen LogP contribution >= 0.6 is 0 Å². The molecule has 4 heteroatoms. The van der Waals surface area contributed by atoms with E-state index in [1.165, 1.54) is 19.3 Å². The van der Waals surface area contributed by atoms with Crippen molar-refractivity contribution in [2.75, 3.05) is 23.7 Å². The van der Waals surface area contributed by atoms with Crippen LogP contribution in [-0.2, 0) is 0 Å². The quantitative estimate of drug-likeness (QED) is 0.851. The molecule has 1 aromatic heterocycles. The molecule has 0 radical (unpaired) electrons. The summed E-state index contributed by atoms with van der Waals surface area (Å²) in [5, 5.41) is 7.25. The van der Waals surface area contributed by atoms with Gasteiger partial charge in [-0.1, -0.05) is 30.3 Å². The monoisotopic (exact) mass is 242 g/mol. The van der Waals surface area contributed by atoms with Gasteiger partial charge in [0.2, 0.25) is 0 Å². The summed E-state index contributed by atoms with van der Waals surface area (Å²) in [5.41, 5.74) is 9.27. The number of rotatable bonds is 2. The molecule has 0 unspecified atom stereocenters. The van der Waals surface area contributed by atoms with Crippen LogP contribution < -0.4 is 10.6 Å². The second kappa shape index (κ2) is 4.72. The maximum Gasteiger partial charge on any atom is 0.169 e. The highest BCUT2D eigenvalue weighted by Crippen LogP contribution is 2.34. The lowest BCUT2D eigenvalue weighted by Gasteiger charge is -2.28. The zero-order valence-electron chi connectivity index (χ0n) is 10.4. The van der Waals surface area contributed by atoms with Gasteiger partial charge in [0, 0.05) is 18.7 Å². The number of nitrogen functional groups attached to an aromatic ring is 1. The lowest BCUT2D eigenvalue weighted by atomic mass is 10.1. The number of nitrogens with two attached hydrogens (primary N) is 1. The Hall–Kier alpha value is -1.97. The average molecular weight is 242 g/mol. The molecular formula is C14H18N4. The summed E-state index contributed by atoms with van der Waals surface area (Å²) in [7, 11) is 0. The fourth-order valence-corrected chi connectivity index (χ4v) is 2.59. The SMILES string of the molecule is Nc1n[nH]c(-c2ccccc2)c1N1CCCCC1. The van der Waals surface area contributed by atoms with Gasteiger partial charge in [-0.05, 0) is 19.3 Å². The van der Waals surface area contributed by atoms with E-state index in [1.807, 2.05) is 18.2 Å². The van der Waals surface area contributed by atoms with E-state index in [4.69, 9.17) is 5.73 Å². The number of anilines is 2. The number of hydrogen-bond acceptors (Lipinski definition) is 3. The smallest absolute Gasteiger partial charge is 0.169 e. The third-order valence-electron chi connectivity index (χ3n) is 3.50. The standard InChI is InChI=1S/C14H18N4/c15-14-13(18-9-5-2-6-10-18)12(16-17-14)11-7-3-1-4-8-11/h1,3-4,7-8H,2,5-6,9-10H2,(H3,15,16,17). The summed E-state index contributed by atoms with van der Waals surface area (Å²) < 4.78 is 0. The van der Waals surface area contributed by atoms with Crippen LogP contribution in [0.2, 0.25) is 0 Å². The molecule has 0 amide bonds. The molecule has 0 spiro atoms. The van der Waals surface area contributed by atoms with Gasteiger partial charge in [0.05, 0.1) is 5.69 Å². The molecule has 1 aliphatic rings. The Morgan fingerprint density at radius 3 is 2.50 bits per heavy atom. The second-order valence-corrected chi connectivity index (χ2v) is 4.75. The van der Waals surface area contributed by atoms with Crippen LogP contribution in [0.5, 0.6) is 0 Å². The van der Waals surface area contributed by atoms with E-state index in [9.17, 15) is 0 Å². The predicted molar refractivity (Wildman–Crippen MR) is 74.5 cm³/mol. The molecular weight excluding hydrogens is 224 g/mol. The van der Waals surface area contributed by atoms with Crippen molar-refractivity contribution in [1.29, 1.82) is 0 Å². The minimum atomic E-state index is 0.607. The van der Waals surface area contributed by atoms with Gasteiger partial charge in [-0.15, -0.1) is 0 Å². The fraction of sp³-hybridized carbons (Fsp3) is 0.357. The van der Waals surface area contributed by atoms with Crippen molar-refractivity contribution >= 4 is 11.5 Å². The van der Waals surface area contributed by atoms with E-state index < -0.39 is 0 Å². The van der Waals surface area contributed by atoms with Crippen molar-refractivity contribution in [3.63, 3.8) is 0 Å². The molecule has 1 saturated heterocycles. The molecule has 2 aromatic rings. The fourth-order valence-electron chi connectivity index (χ4n) is 2.59. The van der Waals surface area contributed by atoms with Crippen molar-refractivity contribution in [3.8, 4) is 11.3 Å². The lowest BCUT2D eigenvalue weighted by Crippen LogP contribution is -2.30. The molecule has 0 atom stereocenters. The first-order chi connectivity index (χ1) is 8.86. The maximum atomic E-state index is 6.03. The Morgan fingerprint density at radius 1 is 1.06 bits per heavy atom. The normalized spacial score (nSPS) is 15.9. The third kappa shape index (κ3) is 1.94. The molecule has 18 heavy (non-hydrogen) atoms. The van der Waals surface area contributed by atoms with E-state index in [-0.39, 0.29) is 0 Å². The number of aromatic nitrogens is 2. The average Bonchev–Trinajstić information content (AvgIpc) is 2.83. The lowest BCUT2D eigenvalue weighted by molar-refractivity contribution is 0.579. The number of hydrogen-bond donors (Lipinski definition) is 2. The molecule has 0 saturated carbocycles. The topological polar surface area (TPSA) is 57.9 Å². The first-order valence-corrected chi connectivity index (χ1v) is 6.50. The summed E-state index contributed by atoms with van der Waals surface area (Å²) in [5.74, 6) is 0.607. The first-order valence-electron chi connectivity index (χ1n) is 6.50. The van der Waals surface area contributed by atoms with Crippen LogP contribution in [0, 0.1) is 0 Å². The van der Waals surface area contributed by atoms with E-state index in [1.54, 1.807) is 0 Å². The van der Waals surface area contributed by atoms with Gasteiger partial charge in [-0.3, -0.25) is 5.10 Å². The summed E-state index contributed by atoms with van der Waals surface area (Å²) in [4.78, 5) is 2.35. The summed E-state index contributed by atoms with van der Waals surface area (Å²) >= 11 is 0. The zero-order chi connectivity index (χ0) is 12.4. The number of piperidine rings is 1. The van der Waals surface area contributed by atoms with Crippen molar-refractivity contribution in [2.45, 2.75) is 19.3 Å². The largest absolute Gasteiger partial charge is 0.380 e. The number of H-pyrrole nitrogens is 1. The molecule has 0 bridgehead atoms.